The molecule has 2 heterocycles. The Morgan fingerprint density at radius 3 is 2.66 bits per heavy atom. The van der Waals surface area contributed by atoms with Crippen LogP contribution in [0, 0.1) is 5.92 Å². The van der Waals surface area contributed by atoms with E-state index in [4.69, 9.17) is 14.2 Å². The fourth-order valence-corrected chi connectivity index (χ4v) is 4.66. The maximum absolute atomic E-state index is 6.19. The first-order valence-electron chi connectivity index (χ1n) is 11.7. The van der Waals surface area contributed by atoms with Crippen molar-refractivity contribution in [1.82, 2.24) is 4.90 Å². The Labute approximate surface area is 192 Å². The van der Waals surface area contributed by atoms with E-state index in [9.17, 15) is 0 Å². The van der Waals surface area contributed by atoms with Gasteiger partial charge in [-0.1, -0.05) is 55.5 Å². The van der Waals surface area contributed by atoms with E-state index in [2.05, 4.69) is 71.8 Å². The lowest BCUT2D eigenvalue weighted by atomic mass is 10.0. The number of para-hydroxylation sites is 2. The minimum absolute atomic E-state index is 0.168. The molecule has 4 rings (SSSR count). The molecule has 2 aromatic carbocycles. The summed E-state index contributed by atoms with van der Waals surface area (Å²) in [4.78, 5) is 5.05. The fraction of sp³-hybridized carbons (Fsp3) is 0.481. The Morgan fingerprint density at radius 1 is 1.12 bits per heavy atom. The van der Waals surface area contributed by atoms with Gasteiger partial charge < -0.3 is 19.1 Å². The number of hydrogen-bond acceptors (Lipinski definition) is 5. The third-order valence-corrected chi connectivity index (χ3v) is 6.66. The van der Waals surface area contributed by atoms with Gasteiger partial charge in [0.15, 0.2) is 0 Å². The van der Waals surface area contributed by atoms with Gasteiger partial charge in [0.1, 0.15) is 12.4 Å². The van der Waals surface area contributed by atoms with E-state index < -0.39 is 0 Å². The molecule has 1 saturated heterocycles. The van der Waals surface area contributed by atoms with E-state index in [1.165, 1.54) is 5.56 Å². The topological polar surface area (TPSA) is 34.2 Å². The monoisotopic (exact) mass is 436 g/mol. The summed E-state index contributed by atoms with van der Waals surface area (Å²) in [5.74, 6) is 1.30. The van der Waals surface area contributed by atoms with Crippen LogP contribution in [0.5, 0.6) is 5.75 Å². The van der Waals surface area contributed by atoms with E-state index in [1.807, 2.05) is 19.3 Å². The first-order valence-corrected chi connectivity index (χ1v) is 11.7. The molecule has 5 nitrogen and oxygen atoms in total. The standard InChI is InChI=1S/C27H36N2O3/c1-4-21(2)18-31-19-23(28-15-14-24(17-28)30-3)16-29-25-12-8-9-13-27(25)32-20-26(29)22-10-6-5-7-11-22/h4-13,21,23-24,26H,1,14-20H2,2-3H3. The number of methoxy groups -OCH3 is 1. The van der Waals surface area contributed by atoms with Crippen LogP contribution in [0.1, 0.15) is 24.9 Å². The number of benzene rings is 2. The first kappa shape index (κ1) is 22.8. The maximum atomic E-state index is 6.19. The molecular weight excluding hydrogens is 400 g/mol. The van der Waals surface area contributed by atoms with Crippen molar-refractivity contribution in [3.8, 4) is 5.75 Å². The zero-order valence-electron chi connectivity index (χ0n) is 19.4. The number of fused-ring (bicyclic) bond motifs is 1. The number of nitrogens with zero attached hydrogens (tertiary/aromatic N) is 2. The highest BCUT2D eigenvalue weighted by Gasteiger charge is 2.34. The van der Waals surface area contributed by atoms with Crippen molar-refractivity contribution in [2.24, 2.45) is 5.92 Å². The third kappa shape index (κ3) is 5.34. The molecule has 0 spiro atoms. The van der Waals surface area contributed by atoms with Gasteiger partial charge in [-0.2, -0.15) is 0 Å². The second-order valence-electron chi connectivity index (χ2n) is 8.90. The molecule has 0 aromatic heterocycles. The smallest absolute Gasteiger partial charge is 0.142 e. The summed E-state index contributed by atoms with van der Waals surface area (Å²) in [6.07, 6.45) is 3.32. The zero-order chi connectivity index (χ0) is 22.3. The predicted molar refractivity (Wildman–Crippen MR) is 129 cm³/mol. The van der Waals surface area contributed by atoms with E-state index >= 15 is 0 Å². The van der Waals surface area contributed by atoms with Gasteiger partial charge in [-0.15, -0.1) is 6.58 Å². The molecule has 2 aromatic rings. The van der Waals surface area contributed by atoms with E-state index in [0.717, 1.165) is 37.5 Å². The van der Waals surface area contributed by atoms with Gasteiger partial charge in [-0.05, 0) is 30.0 Å². The van der Waals surface area contributed by atoms with Crippen LogP contribution in [0.4, 0.5) is 5.69 Å². The second kappa shape index (κ2) is 11.0. The number of rotatable bonds is 10. The fourth-order valence-electron chi connectivity index (χ4n) is 4.66. The molecule has 4 unspecified atom stereocenters. The Morgan fingerprint density at radius 2 is 1.91 bits per heavy atom. The molecule has 172 valence electrons. The van der Waals surface area contributed by atoms with Crippen molar-refractivity contribution < 1.29 is 14.2 Å². The van der Waals surface area contributed by atoms with Gasteiger partial charge in [0, 0.05) is 26.7 Å². The number of hydrogen-bond donors (Lipinski definition) is 0. The van der Waals surface area contributed by atoms with E-state index in [1.54, 1.807) is 0 Å². The third-order valence-electron chi connectivity index (χ3n) is 6.66. The van der Waals surface area contributed by atoms with Gasteiger partial charge in [0.2, 0.25) is 0 Å². The Bertz CT molecular complexity index is 859. The average molecular weight is 437 g/mol. The molecule has 4 atom stereocenters. The highest BCUT2D eigenvalue weighted by molar-refractivity contribution is 5.61. The van der Waals surface area contributed by atoms with Crippen molar-refractivity contribution in [2.75, 3.05) is 51.5 Å². The largest absolute Gasteiger partial charge is 0.489 e. The van der Waals surface area contributed by atoms with Crippen LogP contribution < -0.4 is 9.64 Å². The summed E-state index contributed by atoms with van der Waals surface area (Å²) in [6.45, 7) is 10.9. The van der Waals surface area contributed by atoms with Crippen molar-refractivity contribution in [3.63, 3.8) is 0 Å². The van der Waals surface area contributed by atoms with Crippen LogP contribution in [0.3, 0.4) is 0 Å². The predicted octanol–water partition coefficient (Wildman–Crippen LogP) is 4.55. The maximum Gasteiger partial charge on any atom is 0.142 e. The molecule has 2 aliphatic heterocycles. The van der Waals surface area contributed by atoms with Crippen LogP contribution in [0.2, 0.25) is 0 Å². The number of likely N-dealkylation sites (tertiary alicyclic amines) is 1. The van der Waals surface area contributed by atoms with Gasteiger partial charge in [-0.3, -0.25) is 4.90 Å². The minimum atomic E-state index is 0.168. The molecular formula is C27H36N2O3. The summed E-state index contributed by atoms with van der Waals surface area (Å²) in [6, 6.07) is 19.5. The molecule has 0 bridgehead atoms. The highest BCUT2D eigenvalue weighted by Crippen LogP contribution is 2.39. The quantitative estimate of drug-likeness (QED) is 0.510. The highest BCUT2D eigenvalue weighted by atomic mass is 16.5. The summed E-state index contributed by atoms with van der Waals surface area (Å²) >= 11 is 0. The molecule has 0 amide bonds. The lowest BCUT2D eigenvalue weighted by Crippen LogP contribution is -2.49. The van der Waals surface area contributed by atoms with E-state index in [0.29, 0.717) is 31.8 Å². The summed E-state index contributed by atoms with van der Waals surface area (Å²) in [7, 11) is 1.81. The van der Waals surface area contributed by atoms with Crippen molar-refractivity contribution in [1.29, 1.82) is 0 Å². The van der Waals surface area contributed by atoms with Crippen molar-refractivity contribution in [2.45, 2.75) is 31.5 Å². The first-order chi connectivity index (χ1) is 15.7. The summed E-state index contributed by atoms with van der Waals surface area (Å²) in [5, 5.41) is 0. The second-order valence-corrected chi connectivity index (χ2v) is 8.90. The molecule has 32 heavy (non-hydrogen) atoms. The van der Waals surface area contributed by atoms with Gasteiger partial charge in [-0.25, -0.2) is 0 Å². The van der Waals surface area contributed by atoms with Gasteiger partial charge in [0.25, 0.3) is 0 Å². The van der Waals surface area contributed by atoms with Crippen LogP contribution in [-0.4, -0.2) is 63.6 Å². The molecule has 0 saturated carbocycles. The van der Waals surface area contributed by atoms with Crippen LogP contribution in [-0.2, 0) is 9.47 Å². The Balaban J connectivity index is 1.58. The number of ether oxygens (including phenoxy) is 3. The van der Waals surface area contributed by atoms with Gasteiger partial charge >= 0.3 is 0 Å². The Hall–Kier alpha value is -2.34. The molecule has 0 radical (unpaired) electrons. The minimum Gasteiger partial charge on any atom is -0.489 e. The number of anilines is 1. The van der Waals surface area contributed by atoms with Gasteiger partial charge in [0.05, 0.1) is 37.1 Å². The molecule has 0 aliphatic carbocycles. The van der Waals surface area contributed by atoms with E-state index in [-0.39, 0.29) is 12.1 Å². The van der Waals surface area contributed by atoms with Crippen LogP contribution in [0.25, 0.3) is 0 Å². The SMILES string of the molecule is C=CC(C)COCC(CN1c2ccccc2OCC1c1ccccc1)N1CCC(OC)C1. The van der Waals surface area contributed by atoms with Crippen molar-refractivity contribution >= 4 is 5.69 Å². The average Bonchev–Trinajstić information content (AvgIpc) is 3.33. The van der Waals surface area contributed by atoms with Crippen LogP contribution >= 0.6 is 0 Å². The molecule has 5 heteroatoms. The van der Waals surface area contributed by atoms with Crippen LogP contribution in [0.15, 0.2) is 67.3 Å². The Kier molecular flexibility index (Phi) is 7.85. The van der Waals surface area contributed by atoms with Crippen molar-refractivity contribution in [3.05, 3.63) is 72.8 Å². The summed E-state index contributed by atoms with van der Waals surface area (Å²) < 4.78 is 18.0. The zero-order valence-corrected chi connectivity index (χ0v) is 19.4. The summed E-state index contributed by atoms with van der Waals surface area (Å²) in [5.41, 5.74) is 2.43. The molecule has 1 fully saturated rings. The lowest BCUT2D eigenvalue weighted by Gasteiger charge is -2.42. The molecule has 2 aliphatic rings. The normalized spacial score (nSPS) is 22.8. The molecule has 0 N–H and O–H groups in total. The lowest BCUT2D eigenvalue weighted by molar-refractivity contribution is 0.0486.